The van der Waals surface area contributed by atoms with Gasteiger partial charge in [0.1, 0.15) is 17.1 Å². The zero-order chi connectivity index (χ0) is 19.2. The first-order valence-electron chi connectivity index (χ1n) is 9.83. The average Bonchev–Trinajstić information content (AvgIpc) is 2.58. The first kappa shape index (κ1) is 18.1. The number of carbonyl (C=O) groups is 2. The minimum absolute atomic E-state index is 0.0687. The molecule has 6 heteroatoms. The second kappa shape index (κ2) is 6.73. The zero-order valence-corrected chi connectivity index (χ0v) is 15.6. The smallest absolute Gasteiger partial charge is 0.342 e. The maximum absolute atomic E-state index is 12.3. The van der Waals surface area contributed by atoms with Crippen molar-refractivity contribution in [2.24, 2.45) is 23.2 Å². The summed E-state index contributed by atoms with van der Waals surface area (Å²) in [6.07, 6.45) is 7.65. The zero-order valence-electron chi connectivity index (χ0n) is 15.6. The number of ether oxygens (including phenoxy) is 1. The molecular formula is C21H27NO5. The fraction of sp³-hybridized carbons (Fsp3) is 0.619. The molecule has 6 nitrogen and oxygen atoms in total. The van der Waals surface area contributed by atoms with Crippen LogP contribution in [0.15, 0.2) is 18.2 Å². The van der Waals surface area contributed by atoms with Crippen LogP contribution in [0.5, 0.6) is 11.5 Å². The molecule has 0 radical (unpaired) electrons. The number of carbonyl (C=O) groups excluding carboxylic acids is 2. The van der Waals surface area contributed by atoms with Gasteiger partial charge >= 0.3 is 5.97 Å². The number of esters is 1. The Balaban J connectivity index is 1.32. The molecule has 0 saturated heterocycles. The molecule has 0 heterocycles. The minimum Gasteiger partial charge on any atom is -0.508 e. The van der Waals surface area contributed by atoms with Crippen LogP contribution in [-0.4, -0.2) is 34.7 Å². The van der Waals surface area contributed by atoms with Crippen LogP contribution < -0.4 is 5.32 Å². The maximum Gasteiger partial charge on any atom is 0.342 e. The van der Waals surface area contributed by atoms with Gasteiger partial charge < -0.3 is 20.3 Å². The van der Waals surface area contributed by atoms with E-state index in [1.54, 1.807) is 0 Å². The third-order valence-corrected chi connectivity index (χ3v) is 6.92. The Labute approximate surface area is 158 Å². The number of hydrogen-bond donors (Lipinski definition) is 3. The van der Waals surface area contributed by atoms with Crippen LogP contribution in [-0.2, 0) is 9.53 Å². The van der Waals surface area contributed by atoms with Crippen molar-refractivity contribution in [3.8, 4) is 11.5 Å². The normalized spacial score (nSPS) is 32.1. The summed E-state index contributed by atoms with van der Waals surface area (Å²) in [5, 5.41) is 22.0. The van der Waals surface area contributed by atoms with E-state index in [1.807, 2.05) is 0 Å². The summed E-state index contributed by atoms with van der Waals surface area (Å²) < 4.78 is 5.04. The van der Waals surface area contributed by atoms with E-state index < -0.39 is 5.97 Å². The molecule has 4 bridgehead atoms. The van der Waals surface area contributed by atoms with Gasteiger partial charge in [0.15, 0.2) is 6.61 Å². The van der Waals surface area contributed by atoms with Crippen molar-refractivity contribution in [2.45, 2.75) is 51.5 Å². The highest BCUT2D eigenvalue weighted by Gasteiger charge is 2.53. The molecule has 3 N–H and O–H groups in total. The van der Waals surface area contributed by atoms with Gasteiger partial charge in [-0.15, -0.1) is 0 Å². The highest BCUT2D eigenvalue weighted by Crippen LogP contribution is 2.61. The Bertz CT molecular complexity index is 724. The van der Waals surface area contributed by atoms with Crippen LogP contribution in [0.25, 0.3) is 0 Å². The molecule has 146 valence electrons. The monoisotopic (exact) mass is 373 g/mol. The summed E-state index contributed by atoms with van der Waals surface area (Å²) in [6, 6.07) is 3.68. The van der Waals surface area contributed by atoms with Crippen molar-refractivity contribution in [1.29, 1.82) is 0 Å². The molecule has 1 amide bonds. The molecule has 0 unspecified atom stereocenters. The lowest BCUT2D eigenvalue weighted by molar-refractivity contribution is -0.128. The van der Waals surface area contributed by atoms with Crippen molar-refractivity contribution in [3.63, 3.8) is 0 Å². The van der Waals surface area contributed by atoms with Crippen LogP contribution >= 0.6 is 0 Å². The summed E-state index contributed by atoms with van der Waals surface area (Å²) in [7, 11) is 0. The number of amides is 1. The molecule has 4 aliphatic rings. The largest absolute Gasteiger partial charge is 0.508 e. The Hall–Kier alpha value is -2.24. The standard InChI is InChI=1S/C21H27NO5/c1-12(21-8-13-4-14(9-21)6-15(5-13)10-21)22-19(25)11-27-20(26)17-3-2-16(23)7-18(17)24/h2-3,7,12-15,23-24H,4-6,8-11H2,1H3,(H,22,25)/t12-,13?,14?,15?,21?/m0/s1. The van der Waals surface area contributed by atoms with Crippen molar-refractivity contribution >= 4 is 11.9 Å². The fourth-order valence-corrected chi connectivity index (χ4v) is 6.05. The van der Waals surface area contributed by atoms with Gasteiger partial charge in [-0.2, -0.15) is 0 Å². The van der Waals surface area contributed by atoms with E-state index >= 15 is 0 Å². The first-order valence-corrected chi connectivity index (χ1v) is 9.83. The van der Waals surface area contributed by atoms with Gasteiger partial charge in [0.25, 0.3) is 5.91 Å². The highest BCUT2D eigenvalue weighted by molar-refractivity contribution is 5.94. The van der Waals surface area contributed by atoms with Gasteiger partial charge in [0, 0.05) is 12.1 Å². The Morgan fingerprint density at radius 1 is 1.15 bits per heavy atom. The summed E-state index contributed by atoms with van der Waals surface area (Å²) >= 11 is 0. The topological polar surface area (TPSA) is 95.9 Å². The number of hydrogen-bond acceptors (Lipinski definition) is 5. The molecule has 0 spiro atoms. The molecule has 5 rings (SSSR count). The molecule has 4 aliphatic carbocycles. The van der Waals surface area contributed by atoms with E-state index in [1.165, 1.54) is 50.7 Å². The van der Waals surface area contributed by atoms with E-state index in [4.69, 9.17) is 4.74 Å². The predicted molar refractivity (Wildman–Crippen MR) is 98.3 cm³/mol. The lowest BCUT2D eigenvalue weighted by atomic mass is 9.48. The number of nitrogens with one attached hydrogen (secondary N) is 1. The van der Waals surface area contributed by atoms with Gasteiger partial charge in [0.2, 0.25) is 0 Å². The molecule has 0 aromatic heterocycles. The number of phenolic OH excluding ortho intramolecular Hbond substituents is 2. The second-order valence-corrected chi connectivity index (χ2v) is 8.85. The maximum atomic E-state index is 12.3. The molecular weight excluding hydrogens is 346 g/mol. The van der Waals surface area contributed by atoms with E-state index in [-0.39, 0.29) is 41.0 Å². The third-order valence-electron chi connectivity index (χ3n) is 6.92. The first-order chi connectivity index (χ1) is 12.8. The molecule has 1 atom stereocenters. The summed E-state index contributed by atoms with van der Waals surface area (Å²) in [6.45, 7) is 1.70. The summed E-state index contributed by atoms with van der Waals surface area (Å²) in [5.74, 6) is 0.811. The SMILES string of the molecule is C[C@H](NC(=O)COC(=O)c1ccc(O)cc1O)C12CC3CC(CC(C3)C1)C2. The van der Waals surface area contributed by atoms with Crippen LogP contribution in [0.1, 0.15) is 55.8 Å². The summed E-state index contributed by atoms with van der Waals surface area (Å²) in [4.78, 5) is 24.4. The van der Waals surface area contributed by atoms with Crippen molar-refractivity contribution in [3.05, 3.63) is 23.8 Å². The van der Waals surface area contributed by atoms with Gasteiger partial charge in [-0.05, 0) is 80.8 Å². The van der Waals surface area contributed by atoms with Crippen LogP contribution in [0.2, 0.25) is 0 Å². The van der Waals surface area contributed by atoms with Crippen LogP contribution in [0.4, 0.5) is 0 Å². The van der Waals surface area contributed by atoms with Crippen LogP contribution in [0, 0.1) is 23.2 Å². The Morgan fingerprint density at radius 2 is 1.74 bits per heavy atom. The van der Waals surface area contributed by atoms with Crippen molar-refractivity contribution in [2.75, 3.05) is 6.61 Å². The molecule has 0 aliphatic heterocycles. The molecule has 4 fully saturated rings. The summed E-state index contributed by atoms with van der Waals surface area (Å²) in [5.41, 5.74) is 0.124. The minimum atomic E-state index is -0.787. The van der Waals surface area contributed by atoms with Crippen molar-refractivity contribution in [1.82, 2.24) is 5.32 Å². The van der Waals surface area contributed by atoms with Gasteiger partial charge in [-0.25, -0.2) is 4.79 Å². The van der Waals surface area contributed by atoms with Crippen LogP contribution in [0.3, 0.4) is 0 Å². The number of rotatable bonds is 5. The molecule has 1 aromatic carbocycles. The Kier molecular flexibility index (Phi) is 4.52. The lowest BCUT2D eigenvalue weighted by Gasteiger charge is -2.59. The second-order valence-electron chi connectivity index (χ2n) is 8.85. The highest BCUT2D eigenvalue weighted by atomic mass is 16.5. The van der Waals surface area contributed by atoms with Gasteiger partial charge in [0.05, 0.1) is 0 Å². The number of phenols is 2. The predicted octanol–water partition coefficient (Wildman–Crippen LogP) is 2.98. The van der Waals surface area contributed by atoms with Gasteiger partial charge in [-0.1, -0.05) is 0 Å². The molecule has 1 aromatic rings. The lowest BCUT2D eigenvalue weighted by Crippen LogP contribution is -2.56. The Morgan fingerprint density at radius 3 is 2.30 bits per heavy atom. The van der Waals surface area contributed by atoms with E-state index in [0.29, 0.717) is 0 Å². The number of aromatic hydroxyl groups is 2. The van der Waals surface area contributed by atoms with E-state index in [2.05, 4.69) is 12.2 Å². The quantitative estimate of drug-likeness (QED) is 0.690. The van der Waals surface area contributed by atoms with Gasteiger partial charge in [-0.3, -0.25) is 4.79 Å². The molecule has 4 saturated carbocycles. The average molecular weight is 373 g/mol. The van der Waals surface area contributed by atoms with E-state index in [9.17, 15) is 19.8 Å². The van der Waals surface area contributed by atoms with Crippen molar-refractivity contribution < 1.29 is 24.5 Å². The third kappa shape index (κ3) is 3.49. The fourth-order valence-electron chi connectivity index (χ4n) is 6.05. The number of benzene rings is 1. The molecule has 27 heavy (non-hydrogen) atoms. The van der Waals surface area contributed by atoms with E-state index in [0.717, 1.165) is 23.8 Å².